The summed E-state index contributed by atoms with van der Waals surface area (Å²) in [4.78, 5) is 4.73. The molecule has 4 nitrogen and oxygen atoms in total. The Bertz CT molecular complexity index is 801. The van der Waals surface area contributed by atoms with E-state index in [0.29, 0.717) is 5.84 Å². The van der Waals surface area contributed by atoms with E-state index >= 15 is 0 Å². The molecule has 2 aromatic carbocycles. The van der Waals surface area contributed by atoms with Gasteiger partial charge in [-0.2, -0.15) is 5.10 Å². The van der Waals surface area contributed by atoms with Crippen molar-refractivity contribution in [2.75, 3.05) is 12.1 Å². The summed E-state index contributed by atoms with van der Waals surface area (Å²) < 4.78 is 0. The van der Waals surface area contributed by atoms with Crippen LogP contribution in [-0.2, 0) is 5.41 Å². The zero-order valence-electron chi connectivity index (χ0n) is 13.9. The van der Waals surface area contributed by atoms with Gasteiger partial charge in [-0.05, 0) is 30.5 Å². The third-order valence-corrected chi connectivity index (χ3v) is 5.23. The molecular weight excluding hydrogens is 296 g/mol. The van der Waals surface area contributed by atoms with E-state index in [-0.39, 0.29) is 5.41 Å². The number of fused-ring (bicyclic) bond motifs is 2. The van der Waals surface area contributed by atoms with Gasteiger partial charge in [0, 0.05) is 12.6 Å². The second kappa shape index (κ2) is 5.78. The van der Waals surface area contributed by atoms with E-state index in [0.717, 1.165) is 29.9 Å². The molecule has 2 aliphatic rings. The maximum Gasteiger partial charge on any atom is 0.181 e. The van der Waals surface area contributed by atoms with Crippen molar-refractivity contribution in [2.45, 2.75) is 31.1 Å². The molecule has 0 atom stereocenters. The van der Waals surface area contributed by atoms with Crippen molar-refractivity contribution in [3.63, 3.8) is 0 Å². The third-order valence-electron chi connectivity index (χ3n) is 5.23. The van der Waals surface area contributed by atoms with Gasteiger partial charge in [0.1, 0.15) is 5.84 Å². The van der Waals surface area contributed by atoms with Crippen molar-refractivity contribution in [1.82, 2.24) is 0 Å². The van der Waals surface area contributed by atoms with Crippen molar-refractivity contribution in [1.29, 1.82) is 0 Å². The summed E-state index contributed by atoms with van der Waals surface area (Å²) in [6.45, 7) is 0. The average molecular weight is 318 g/mol. The topological polar surface area (TPSA) is 54.0 Å². The second-order valence-corrected chi connectivity index (χ2v) is 6.61. The first-order valence-corrected chi connectivity index (χ1v) is 8.53. The van der Waals surface area contributed by atoms with Crippen LogP contribution in [0.3, 0.4) is 0 Å². The number of hydrogen-bond donors (Lipinski definition) is 1. The van der Waals surface area contributed by atoms with E-state index in [1.165, 1.54) is 18.4 Å². The van der Waals surface area contributed by atoms with Gasteiger partial charge in [0.2, 0.25) is 0 Å². The maximum absolute atomic E-state index is 6.45. The number of nitrogens with zero attached hydrogens (tertiary/aromatic N) is 3. The number of aliphatic imine (C=N–C) groups is 1. The molecule has 0 aromatic heterocycles. The molecule has 4 rings (SSSR count). The van der Waals surface area contributed by atoms with Crippen molar-refractivity contribution < 1.29 is 0 Å². The Morgan fingerprint density at radius 2 is 1.67 bits per heavy atom. The SMILES string of the molecule is CN(/N=C1\N=C(N)C2(CCCC2)c2ccccc21)c1ccccc1. The van der Waals surface area contributed by atoms with Gasteiger partial charge >= 0.3 is 0 Å². The van der Waals surface area contributed by atoms with E-state index in [9.17, 15) is 0 Å². The van der Waals surface area contributed by atoms with Crippen molar-refractivity contribution in [2.24, 2.45) is 15.8 Å². The predicted octanol–water partition coefficient (Wildman–Crippen LogP) is 3.67. The van der Waals surface area contributed by atoms with Crippen LogP contribution in [0.2, 0.25) is 0 Å². The van der Waals surface area contributed by atoms with Gasteiger partial charge in [-0.15, -0.1) is 0 Å². The van der Waals surface area contributed by atoms with Crippen LogP contribution < -0.4 is 10.7 Å². The number of rotatable bonds is 2. The summed E-state index contributed by atoms with van der Waals surface area (Å²) >= 11 is 0. The van der Waals surface area contributed by atoms with Gasteiger partial charge < -0.3 is 5.73 Å². The molecule has 1 aliphatic carbocycles. The normalized spacial score (nSPS) is 20.0. The molecule has 1 heterocycles. The standard InChI is InChI=1S/C20H22N4/c1-24(15-9-3-2-4-10-15)23-18-16-11-5-6-12-17(16)20(19(21)22-18)13-7-8-14-20/h2-6,9-12H,7-8,13-14H2,1H3,(H2,21,22,23). The fourth-order valence-electron chi connectivity index (χ4n) is 3.94. The summed E-state index contributed by atoms with van der Waals surface area (Å²) in [5, 5.41) is 6.59. The Morgan fingerprint density at radius 3 is 2.42 bits per heavy atom. The van der Waals surface area contributed by atoms with Crippen LogP contribution in [0.15, 0.2) is 64.7 Å². The summed E-state index contributed by atoms with van der Waals surface area (Å²) in [6, 6.07) is 18.5. The van der Waals surface area contributed by atoms with Crippen molar-refractivity contribution in [3.8, 4) is 0 Å². The smallest absolute Gasteiger partial charge is 0.181 e. The van der Waals surface area contributed by atoms with Gasteiger partial charge in [-0.3, -0.25) is 5.01 Å². The molecule has 4 heteroatoms. The number of benzene rings is 2. The first-order chi connectivity index (χ1) is 11.7. The Hall–Kier alpha value is -2.62. The fourth-order valence-corrected chi connectivity index (χ4v) is 3.94. The molecule has 122 valence electrons. The van der Waals surface area contributed by atoms with E-state index in [1.807, 2.05) is 42.4 Å². The van der Waals surface area contributed by atoms with E-state index in [2.05, 4.69) is 24.3 Å². The molecule has 1 saturated carbocycles. The molecule has 1 fully saturated rings. The maximum atomic E-state index is 6.45. The molecule has 2 aromatic rings. The monoisotopic (exact) mass is 318 g/mol. The lowest BCUT2D eigenvalue weighted by molar-refractivity contribution is 0.588. The highest BCUT2D eigenvalue weighted by molar-refractivity contribution is 6.14. The molecule has 0 bridgehead atoms. The molecule has 0 unspecified atom stereocenters. The van der Waals surface area contributed by atoms with Crippen LogP contribution in [0.4, 0.5) is 5.69 Å². The quantitative estimate of drug-likeness (QED) is 0.859. The third kappa shape index (κ3) is 2.30. The van der Waals surface area contributed by atoms with Crippen LogP contribution in [0.5, 0.6) is 0 Å². The molecule has 1 spiro atoms. The summed E-state index contributed by atoms with van der Waals surface area (Å²) in [5.41, 5.74) is 9.78. The zero-order valence-corrected chi connectivity index (χ0v) is 13.9. The second-order valence-electron chi connectivity index (χ2n) is 6.61. The largest absolute Gasteiger partial charge is 0.386 e. The molecule has 0 radical (unpaired) electrons. The lowest BCUT2D eigenvalue weighted by Crippen LogP contribution is -2.43. The first-order valence-electron chi connectivity index (χ1n) is 8.53. The van der Waals surface area contributed by atoms with Crippen LogP contribution in [0, 0.1) is 0 Å². The molecule has 24 heavy (non-hydrogen) atoms. The van der Waals surface area contributed by atoms with E-state index in [1.54, 1.807) is 0 Å². The Morgan fingerprint density at radius 1 is 1.00 bits per heavy atom. The fraction of sp³-hybridized carbons (Fsp3) is 0.300. The van der Waals surface area contributed by atoms with Gasteiger partial charge in [0.15, 0.2) is 5.84 Å². The average Bonchev–Trinajstić information content (AvgIpc) is 3.11. The van der Waals surface area contributed by atoms with Crippen LogP contribution in [0.25, 0.3) is 0 Å². The summed E-state index contributed by atoms with van der Waals surface area (Å²) in [6.07, 6.45) is 4.59. The minimum Gasteiger partial charge on any atom is -0.386 e. The van der Waals surface area contributed by atoms with Crippen LogP contribution >= 0.6 is 0 Å². The lowest BCUT2D eigenvalue weighted by atomic mass is 9.74. The highest BCUT2D eigenvalue weighted by Gasteiger charge is 2.44. The van der Waals surface area contributed by atoms with E-state index in [4.69, 9.17) is 15.8 Å². The van der Waals surface area contributed by atoms with Crippen LogP contribution in [0.1, 0.15) is 36.8 Å². The lowest BCUT2D eigenvalue weighted by Gasteiger charge is -2.34. The highest BCUT2D eigenvalue weighted by Crippen LogP contribution is 2.44. The first kappa shape index (κ1) is 14.9. The molecule has 2 N–H and O–H groups in total. The van der Waals surface area contributed by atoms with Crippen molar-refractivity contribution in [3.05, 3.63) is 65.7 Å². The predicted molar refractivity (Wildman–Crippen MR) is 99.6 cm³/mol. The number of hydrogen-bond acceptors (Lipinski definition) is 3. The molecule has 0 saturated heterocycles. The Labute approximate surface area is 142 Å². The van der Waals surface area contributed by atoms with Gasteiger partial charge in [0.05, 0.1) is 11.1 Å². The number of para-hydroxylation sites is 1. The Kier molecular flexibility index (Phi) is 3.60. The zero-order chi connectivity index (χ0) is 16.6. The number of anilines is 1. The van der Waals surface area contributed by atoms with Crippen molar-refractivity contribution >= 4 is 17.4 Å². The number of amidine groups is 2. The van der Waals surface area contributed by atoms with Crippen LogP contribution in [-0.4, -0.2) is 18.7 Å². The minimum atomic E-state index is -0.0824. The highest BCUT2D eigenvalue weighted by atomic mass is 15.5. The molecular formula is C20H22N4. The minimum absolute atomic E-state index is 0.0824. The summed E-state index contributed by atoms with van der Waals surface area (Å²) in [5.74, 6) is 1.42. The number of nitrogens with two attached hydrogens (primary N) is 1. The van der Waals surface area contributed by atoms with E-state index < -0.39 is 0 Å². The van der Waals surface area contributed by atoms with Gasteiger partial charge in [0.25, 0.3) is 0 Å². The van der Waals surface area contributed by atoms with Gasteiger partial charge in [-0.1, -0.05) is 55.3 Å². The number of hydrazone groups is 1. The summed E-state index contributed by atoms with van der Waals surface area (Å²) in [7, 11) is 1.94. The Balaban J connectivity index is 1.80. The molecule has 1 aliphatic heterocycles. The molecule has 0 amide bonds. The van der Waals surface area contributed by atoms with Gasteiger partial charge in [-0.25, -0.2) is 4.99 Å².